The fourth-order valence-corrected chi connectivity index (χ4v) is 4.38. The van der Waals surface area contributed by atoms with Crippen LogP contribution >= 0.6 is 15.9 Å². The second kappa shape index (κ2) is 5.89. The maximum Gasteiger partial charge on any atom is 0.417 e. The summed E-state index contributed by atoms with van der Waals surface area (Å²) in [5.74, 6) is 0. The predicted octanol–water partition coefficient (Wildman–Crippen LogP) is 3.55. The molecule has 2 rings (SSSR count). The van der Waals surface area contributed by atoms with Crippen LogP contribution in [0.4, 0.5) is 13.2 Å². The summed E-state index contributed by atoms with van der Waals surface area (Å²) in [6.45, 7) is 0.174. The van der Waals surface area contributed by atoms with E-state index in [0.29, 0.717) is 0 Å². The van der Waals surface area contributed by atoms with Crippen LogP contribution in [-0.2, 0) is 16.2 Å². The van der Waals surface area contributed by atoms with Gasteiger partial charge in [-0.05, 0) is 36.8 Å². The van der Waals surface area contributed by atoms with Crippen molar-refractivity contribution in [2.45, 2.75) is 30.3 Å². The number of sulfonamides is 1. The van der Waals surface area contributed by atoms with E-state index in [1.165, 1.54) is 12.1 Å². The smallest absolute Gasteiger partial charge is 0.211 e. The molecule has 0 spiro atoms. The molecule has 3 nitrogen and oxygen atoms in total. The number of halogens is 4. The maximum absolute atomic E-state index is 12.9. The maximum atomic E-state index is 12.9. The molecule has 1 aromatic rings. The van der Waals surface area contributed by atoms with Crippen LogP contribution in [0.1, 0.15) is 24.8 Å². The van der Waals surface area contributed by atoms with Crippen molar-refractivity contribution in [3.05, 3.63) is 29.8 Å². The van der Waals surface area contributed by atoms with Crippen molar-refractivity contribution in [2.24, 2.45) is 5.41 Å². The van der Waals surface area contributed by atoms with Crippen molar-refractivity contribution in [3.63, 3.8) is 0 Å². The van der Waals surface area contributed by atoms with Gasteiger partial charge in [-0.3, -0.25) is 0 Å². The fraction of sp³-hybridized carbons (Fsp3) is 0.538. The molecule has 1 saturated carbocycles. The molecule has 1 aliphatic carbocycles. The molecule has 1 aliphatic rings. The third-order valence-electron chi connectivity index (χ3n) is 3.70. The molecule has 1 fully saturated rings. The number of hydrogen-bond donors (Lipinski definition) is 1. The Bertz CT molecular complexity index is 612. The first kappa shape index (κ1) is 16.8. The standard InChI is InChI=1S/C13H15BrF3NO2S/c14-8-7-12(5-6-12)9-18-21(19,20)11-4-2-1-3-10(11)13(15,16)17/h1-4,18H,5-9H2. The lowest BCUT2D eigenvalue weighted by molar-refractivity contribution is -0.139. The molecule has 1 N–H and O–H groups in total. The van der Waals surface area contributed by atoms with E-state index in [9.17, 15) is 21.6 Å². The minimum absolute atomic E-state index is 0.107. The largest absolute Gasteiger partial charge is 0.417 e. The second-order valence-corrected chi connectivity index (χ2v) is 7.79. The quantitative estimate of drug-likeness (QED) is 0.761. The van der Waals surface area contributed by atoms with Gasteiger partial charge in [-0.25, -0.2) is 13.1 Å². The molecule has 0 radical (unpaired) electrons. The summed E-state index contributed by atoms with van der Waals surface area (Å²) < 4.78 is 65.3. The van der Waals surface area contributed by atoms with Gasteiger partial charge in [0, 0.05) is 11.9 Å². The molecule has 1 aromatic carbocycles. The van der Waals surface area contributed by atoms with Gasteiger partial charge in [0.15, 0.2) is 0 Å². The minimum Gasteiger partial charge on any atom is -0.211 e. The molecule has 21 heavy (non-hydrogen) atoms. The van der Waals surface area contributed by atoms with Gasteiger partial charge in [0.2, 0.25) is 10.0 Å². The summed E-state index contributed by atoms with van der Waals surface area (Å²) in [6, 6.07) is 4.22. The van der Waals surface area contributed by atoms with Gasteiger partial charge in [0.05, 0.1) is 10.5 Å². The lowest BCUT2D eigenvalue weighted by atomic mass is 10.1. The summed E-state index contributed by atoms with van der Waals surface area (Å²) in [7, 11) is -4.17. The van der Waals surface area contributed by atoms with E-state index in [0.717, 1.165) is 36.7 Å². The molecule has 8 heteroatoms. The van der Waals surface area contributed by atoms with E-state index in [-0.39, 0.29) is 12.0 Å². The molecule has 0 atom stereocenters. The number of hydrogen-bond acceptors (Lipinski definition) is 2. The fourth-order valence-electron chi connectivity index (χ4n) is 2.15. The lowest BCUT2D eigenvalue weighted by Crippen LogP contribution is -2.32. The average molecular weight is 386 g/mol. The highest BCUT2D eigenvalue weighted by Gasteiger charge is 2.43. The Hall–Kier alpha value is -0.600. The van der Waals surface area contributed by atoms with Gasteiger partial charge < -0.3 is 0 Å². The van der Waals surface area contributed by atoms with Gasteiger partial charge in [0.1, 0.15) is 0 Å². The van der Waals surface area contributed by atoms with E-state index in [4.69, 9.17) is 0 Å². The van der Waals surface area contributed by atoms with Gasteiger partial charge in [0.25, 0.3) is 0 Å². The zero-order valence-corrected chi connectivity index (χ0v) is 13.5. The summed E-state index contributed by atoms with van der Waals surface area (Å²) >= 11 is 3.30. The average Bonchev–Trinajstić information content (AvgIpc) is 3.17. The molecule has 0 heterocycles. The second-order valence-electron chi connectivity index (χ2n) is 5.26. The molecule has 0 aromatic heterocycles. The van der Waals surface area contributed by atoms with Crippen molar-refractivity contribution in [1.29, 1.82) is 0 Å². The Balaban J connectivity index is 2.21. The normalized spacial score (nSPS) is 17.7. The summed E-state index contributed by atoms with van der Waals surface area (Å²) in [4.78, 5) is -0.716. The van der Waals surface area contributed by atoms with Crippen LogP contribution in [0.15, 0.2) is 29.2 Å². The highest BCUT2D eigenvalue weighted by molar-refractivity contribution is 9.09. The molecule has 0 saturated heterocycles. The first-order valence-electron chi connectivity index (χ1n) is 6.42. The zero-order chi connectivity index (χ0) is 15.7. The molecular weight excluding hydrogens is 371 g/mol. The van der Waals surface area contributed by atoms with Crippen LogP contribution in [0.3, 0.4) is 0 Å². The summed E-state index contributed by atoms with van der Waals surface area (Å²) in [5, 5.41) is 0.744. The van der Waals surface area contributed by atoms with Crippen molar-refractivity contribution >= 4 is 26.0 Å². The Kier molecular flexibility index (Phi) is 4.70. The van der Waals surface area contributed by atoms with Gasteiger partial charge in [-0.15, -0.1) is 0 Å². The van der Waals surface area contributed by atoms with E-state index >= 15 is 0 Å². The van der Waals surface area contributed by atoms with E-state index < -0.39 is 26.7 Å². The number of alkyl halides is 4. The lowest BCUT2D eigenvalue weighted by Gasteiger charge is -2.17. The molecule has 0 bridgehead atoms. The molecule has 0 amide bonds. The first-order valence-corrected chi connectivity index (χ1v) is 9.03. The van der Waals surface area contributed by atoms with Gasteiger partial charge in [-0.1, -0.05) is 28.1 Å². The highest BCUT2D eigenvalue weighted by Crippen LogP contribution is 2.48. The third-order valence-corrected chi connectivity index (χ3v) is 5.56. The SMILES string of the molecule is O=S(=O)(NCC1(CCBr)CC1)c1ccccc1C(F)(F)F. The Morgan fingerprint density at radius 1 is 1.24 bits per heavy atom. The Morgan fingerprint density at radius 3 is 2.38 bits per heavy atom. The minimum atomic E-state index is -4.70. The zero-order valence-electron chi connectivity index (χ0n) is 11.1. The topological polar surface area (TPSA) is 46.2 Å². The highest BCUT2D eigenvalue weighted by atomic mass is 79.9. The van der Waals surface area contributed by atoms with Gasteiger partial charge >= 0.3 is 6.18 Å². The van der Waals surface area contributed by atoms with E-state index in [1.807, 2.05) is 0 Å². The van der Waals surface area contributed by atoms with Crippen LogP contribution < -0.4 is 4.72 Å². The number of nitrogens with one attached hydrogen (secondary N) is 1. The molecular formula is C13H15BrF3NO2S. The van der Waals surface area contributed by atoms with Crippen LogP contribution in [0, 0.1) is 5.41 Å². The van der Waals surface area contributed by atoms with E-state index in [2.05, 4.69) is 20.7 Å². The van der Waals surface area contributed by atoms with Gasteiger partial charge in [-0.2, -0.15) is 13.2 Å². The molecule has 0 unspecified atom stereocenters. The van der Waals surface area contributed by atoms with Crippen LogP contribution in [0.25, 0.3) is 0 Å². The molecule has 118 valence electrons. The molecule has 0 aliphatic heterocycles. The number of rotatable bonds is 6. The summed E-state index contributed by atoms with van der Waals surface area (Å²) in [6.07, 6.45) is -2.11. The van der Waals surface area contributed by atoms with E-state index in [1.54, 1.807) is 0 Å². The van der Waals surface area contributed by atoms with Crippen LogP contribution in [-0.4, -0.2) is 20.3 Å². The van der Waals surface area contributed by atoms with Crippen LogP contribution in [0.2, 0.25) is 0 Å². The third kappa shape index (κ3) is 3.98. The van der Waals surface area contributed by atoms with Crippen molar-refractivity contribution < 1.29 is 21.6 Å². The van der Waals surface area contributed by atoms with Crippen molar-refractivity contribution in [3.8, 4) is 0 Å². The summed E-state index contributed by atoms with van der Waals surface area (Å²) in [5.41, 5.74) is -1.24. The van der Waals surface area contributed by atoms with Crippen LogP contribution in [0.5, 0.6) is 0 Å². The number of benzene rings is 1. The van der Waals surface area contributed by atoms with Crippen molar-refractivity contribution in [2.75, 3.05) is 11.9 Å². The monoisotopic (exact) mass is 385 g/mol. The predicted molar refractivity (Wildman–Crippen MR) is 76.7 cm³/mol. The Morgan fingerprint density at radius 2 is 1.86 bits per heavy atom. The van der Waals surface area contributed by atoms with Crippen molar-refractivity contribution in [1.82, 2.24) is 4.72 Å². The Labute approximate surface area is 130 Å². The first-order chi connectivity index (χ1) is 9.70.